The number of anilines is 2. The molecule has 1 saturated heterocycles. The Morgan fingerprint density at radius 3 is 2.79 bits per heavy atom. The summed E-state index contributed by atoms with van der Waals surface area (Å²) in [6.45, 7) is 4.89. The molecule has 0 amide bonds. The van der Waals surface area contributed by atoms with Gasteiger partial charge in [0.25, 0.3) is 0 Å². The van der Waals surface area contributed by atoms with E-state index in [1.165, 1.54) is 29.0 Å². The number of aliphatic hydroxyl groups excluding tert-OH is 1. The van der Waals surface area contributed by atoms with Crippen molar-refractivity contribution in [3.63, 3.8) is 0 Å². The first kappa shape index (κ1) is 19.9. The Labute approximate surface area is 174 Å². The number of hydrogen-bond donors (Lipinski definition) is 2. The molecule has 0 saturated carbocycles. The maximum Gasteiger partial charge on any atom is 0.188 e. The summed E-state index contributed by atoms with van der Waals surface area (Å²) in [6, 6.07) is 9.20. The van der Waals surface area contributed by atoms with Crippen molar-refractivity contribution in [2.45, 2.75) is 25.7 Å². The van der Waals surface area contributed by atoms with Gasteiger partial charge in [0.1, 0.15) is 11.6 Å². The van der Waals surface area contributed by atoms with Gasteiger partial charge in [-0.2, -0.15) is 0 Å². The smallest absolute Gasteiger partial charge is 0.188 e. The topological polar surface area (TPSA) is 61.3 Å². The number of aryl methyl sites for hydroxylation is 1. The van der Waals surface area contributed by atoms with E-state index in [9.17, 15) is 4.39 Å². The number of thiazole rings is 1. The van der Waals surface area contributed by atoms with Crippen LogP contribution in [0.4, 0.5) is 15.3 Å². The number of aromatic nitrogens is 2. The van der Waals surface area contributed by atoms with Crippen LogP contribution in [0, 0.1) is 12.7 Å². The van der Waals surface area contributed by atoms with Crippen LogP contribution in [0.5, 0.6) is 0 Å². The molecule has 0 spiro atoms. The monoisotopic (exact) mass is 412 g/mol. The van der Waals surface area contributed by atoms with Crippen LogP contribution in [0.2, 0.25) is 0 Å². The number of nitrogens with one attached hydrogen (secondary N) is 1. The zero-order chi connectivity index (χ0) is 20.2. The molecule has 5 nitrogen and oxygen atoms in total. The first-order valence-electron chi connectivity index (χ1n) is 9.90. The molecule has 1 aliphatic heterocycles. The molecule has 0 atom stereocenters. The molecule has 1 aliphatic rings. The predicted octanol–water partition coefficient (Wildman–Crippen LogP) is 4.57. The molecule has 0 aliphatic carbocycles. The molecule has 3 aromatic rings. The van der Waals surface area contributed by atoms with Crippen LogP contribution in [0.25, 0.3) is 10.4 Å². The lowest BCUT2D eigenvalue weighted by atomic mass is 9.90. The van der Waals surface area contributed by atoms with Gasteiger partial charge in [0.15, 0.2) is 5.13 Å². The Morgan fingerprint density at radius 1 is 1.21 bits per heavy atom. The molecule has 29 heavy (non-hydrogen) atoms. The third-order valence-corrected chi connectivity index (χ3v) is 6.29. The van der Waals surface area contributed by atoms with Gasteiger partial charge in [-0.25, -0.2) is 14.4 Å². The maximum absolute atomic E-state index is 13.7. The molecule has 1 fully saturated rings. The summed E-state index contributed by atoms with van der Waals surface area (Å²) < 4.78 is 13.7. The molecule has 2 aromatic heterocycles. The Balaban J connectivity index is 1.44. The fourth-order valence-corrected chi connectivity index (χ4v) is 4.66. The van der Waals surface area contributed by atoms with Crippen LogP contribution in [0.1, 0.15) is 29.9 Å². The van der Waals surface area contributed by atoms with Crippen molar-refractivity contribution < 1.29 is 9.50 Å². The van der Waals surface area contributed by atoms with Crippen molar-refractivity contribution in [1.29, 1.82) is 0 Å². The maximum atomic E-state index is 13.7. The fourth-order valence-electron chi connectivity index (χ4n) is 3.85. The van der Waals surface area contributed by atoms with E-state index in [0.29, 0.717) is 5.92 Å². The second-order valence-electron chi connectivity index (χ2n) is 7.49. The number of likely N-dealkylation sites (tertiary alicyclic amines) is 1. The summed E-state index contributed by atoms with van der Waals surface area (Å²) in [5.74, 6) is 1.05. The van der Waals surface area contributed by atoms with Gasteiger partial charge in [-0.05, 0) is 79.7 Å². The minimum atomic E-state index is -0.234. The van der Waals surface area contributed by atoms with Gasteiger partial charge >= 0.3 is 0 Å². The van der Waals surface area contributed by atoms with E-state index in [2.05, 4.69) is 32.3 Å². The lowest BCUT2D eigenvalue weighted by Gasteiger charge is -2.31. The average Bonchev–Trinajstić information content (AvgIpc) is 3.17. The third kappa shape index (κ3) is 4.98. The predicted molar refractivity (Wildman–Crippen MR) is 115 cm³/mol. The largest absolute Gasteiger partial charge is 0.395 e. The quantitative estimate of drug-likeness (QED) is 0.621. The van der Waals surface area contributed by atoms with Crippen molar-refractivity contribution in [2.24, 2.45) is 0 Å². The molecule has 2 N–H and O–H groups in total. The van der Waals surface area contributed by atoms with Gasteiger partial charge in [0.2, 0.25) is 0 Å². The third-order valence-electron chi connectivity index (χ3n) is 5.33. The second kappa shape index (κ2) is 8.98. The Kier molecular flexibility index (Phi) is 6.18. The van der Waals surface area contributed by atoms with Gasteiger partial charge in [-0.1, -0.05) is 17.4 Å². The number of piperidine rings is 1. The van der Waals surface area contributed by atoms with Crippen molar-refractivity contribution in [1.82, 2.24) is 14.9 Å². The normalized spacial score (nSPS) is 15.6. The lowest BCUT2D eigenvalue weighted by Crippen LogP contribution is -2.34. The van der Waals surface area contributed by atoms with Crippen molar-refractivity contribution in [2.75, 3.05) is 31.6 Å². The molecular formula is C22H25FN4OS. The molecular weight excluding hydrogens is 387 g/mol. The van der Waals surface area contributed by atoms with E-state index in [1.807, 2.05) is 19.2 Å². The highest BCUT2D eigenvalue weighted by Crippen LogP contribution is 2.33. The van der Waals surface area contributed by atoms with E-state index in [-0.39, 0.29) is 12.4 Å². The lowest BCUT2D eigenvalue weighted by molar-refractivity contribution is 0.164. The van der Waals surface area contributed by atoms with Gasteiger partial charge in [0.05, 0.1) is 11.5 Å². The standard InChI is InChI=1S/C22H25FN4OS/c1-15-10-18(12-19(23)11-15)20-14-25-22(29-20)26-21-13-17(2-5-24-21)16-3-6-27(7-4-16)8-9-28/h2,5,10-14,16,28H,3-4,6-9H2,1H3,(H,24,25,26). The van der Waals surface area contributed by atoms with Crippen LogP contribution < -0.4 is 5.32 Å². The Morgan fingerprint density at radius 2 is 2.03 bits per heavy atom. The number of pyridine rings is 1. The van der Waals surface area contributed by atoms with Crippen molar-refractivity contribution in [3.8, 4) is 10.4 Å². The minimum absolute atomic E-state index is 0.221. The average molecular weight is 413 g/mol. The number of hydrogen-bond acceptors (Lipinski definition) is 6. The Hall–Kier alpha value is -2.35. The summed E-state index contributed by atoms with van der Waals surface area (Å²) in [5.41, 5.74) is 3.01. The summed E-state index contributed by atoms with van der Waals surface area (Å²) >= 11 is 1.49. The fraction of sp³-hybridized carbons (Fsp3) is 0.364. The zero-order valence-corrected chi connectivity index (χ0v) is 17.3. The number of rotatable bonds is 6. The van der Waals surface area contributed by atoms with Crippen molar-refractivity contribution in [3.05, 3.63) is 59.7 Å². The summed E-state index contributed by atoms with van der Waals surface area (Å²) in [4.78, 5) is 12.1. The Bertz CT molecular complexity index is 949. The van der Waals surface area contributed by atoms with Gasteiger partial charge in [-0.15, -0.1) is 0 Å². The zero-order valence-electron chi connectivity index (χ0n) is 16.4. The van der Waals surface area contributed by atoms with Gasteiger partial charge in [0, 0.05) is 18.9 Å². The molecule has 0 bridgehead atoms. The number of nitrogens with zero attached hydrogens (tertiary/aromatic N) is 3. The highest BCUT2D eigenvalue weighted by molar-refractivity contribution is 7.18. The van der Waals surface area contributed by atoms with Crippen LogP contribution in [-0.4, -0.2) is 46.2 Å². The highest BCUT2D eigenvalue weighted by Gasteiger charge is 2.20. The second-order valence-corrected chi connectivity index (χ2v) is 8.52. The number of halogens is 1. The summed E-state index contributed by atoms with van der Waals surface area (Å²) in [5, 5.41) is 13.1. The number of aliphatic hydroxyl groups is 1. The van der Waals surface area contributed by atoms with E-state index in [4.69, 9.17) is 5.11 Å². The van der Waals surface area contributed by atoms with Crippen LogP contribution in [0.3, 0.4) is 0 Å². The van der Waals surface area contributed by atoms with Gasteiger partial charge in [-0.3, -0.25) is 0 Å². The molecule has 4 rings (SSSR count). The van der Waals surface area contributed by atoms with Crippen LogP contribution in [-0.2, 0) is 0 Å². The van der Waals surface area contributed by atoms with Gasteiger partial charge < -0.3 is 15.3 Å². The molecule has 1 aromatic carbocycles. The number of β-amino-alcohol motifs (C(OH)–C–C–N with tert-alkyl or cyclic N) is 1. The minimum Gasteiger partial charge on any atom is -0.395 e. The highest BCUT2D eigenvalue weighted by atomic mass is 32.1. The molecule has 3 heterocycles. The van der Waals surface area contributed by atoms with E-state index < -0.39 is 0 Å². The van der Waals surface area contributed by atoms with Crippen LogP contribution >= 0.6 is 11.3 Å². The van der Waals surface area contributed by atoms with Crippen molar-refractivity contribution >= 4 is 22.3 Å². The first-order chi connectivity index (χ1) is 14.1. The van der Waals surface area contributed by atoms with E-state index in [1.54, 1.807) is 6.20 Å². The molecule has 0 radical (unpaired) electrons. The van der Waals surface area contributed by atoms with E-state index >= 15 is 0 Å². The number of benzene rings is 1. The molecule has 152 valence electrons. The molecule has 0 unspecified atom stereocenters. The molecule has 7 heteroatoms. The first-order valence-corrected chi connectivity index (χ1v) is 10.7. The SMILES string of the molecule is Cc1cc(F)cc(-c2cnc(Nc3cc(C4CCN(CCO)CC4)ccn3)s2)c1. The summed E-state index contributed by atoms with van der Waals surface area (Å²) in [6.07, 6.45) is 5.78. The summed E-state index contributed by atoms with van der Waals surface area (Å²) in [7, 11) is 0. The van der Waals surface area contributed by atoms with Crippen LogP contribution in [0.15, 0.2) is 42.7 Å². The van der Waals surface area contributed by atoms with E-state index in [0.717, 1.165) is 59.4 Å².